The van der Waals surface area contributed by atoms with E-state index in [1.54, 1.807) is 13.1 Å². The van der Waals surface area contributed by atoms with E-state index in [-0.39, 0.29) is 22.3 Å². The number of hydrogen-bond acceptors (Lipinski definition) is 5. The van der Waals surface area contributed by atoms with Crippen molar-refractivity contribution in [2.75, 3.05) is 26.2 Å². The van der Waals surface area contributed by atoms with Gasteiger partial charge in [-0.3, -0.25) is 9.36 Å². The lowest BCUT2D eigenvalue weighted by molar-refractivity contribution is -0.135. The number of amides is 1. The summed E-state index contributed by atoms with van der Waals surface area (Å²) in [6.45, 7) is 2.28. The second-order valence-corrected chi connectivity index (χ2v) is 9.21. The van der Waals surface area contributed by atoms with E-state index in [1.807, 2.05) is 4.90 Å². The van der Waals surface area contributed by atoms with E-state index >= 15 is 0 Å². The van der Waals surface area contributed by atoms with Gasteiger partial charge in [0.2, 0.25) is 15.9 Å². The summed E-state index contributed by atoms with van der Waals surface area (Å²) in [7, 11) is -2.11. The molecule has 3 heterocycles. The monoisotopic (exact) mass is 393 g/mol. The molecular weight excluding hydrogens is 370 g/mol. The highest BCUT2D eigenvalue weighted by Gasteiger charge is 2.34. The predicted molar refractivity (Wildman–Crippen MR) is 98.8 cm³/mol. The van der Waals surface area contributed by atoms with Crippen LogP contribution in [0.4, 0.5) is 0 Å². The van der Waals surface area contributed by atoms with Crippen LogP contribution in [-0.2, 0) is 21.9 Å². The Labute approximate surface area is 157 Å². The Morgan fingerprint density at radius 2 is 1.78 bits per heavy atom. The number of carbonyl (C=O) groups is 1. The molecule has 0 unspecified atom stereocenters. The lowest BCUT2D eigenvalue weighted by atomic mass is 9.97. The van der Waals surface area contributed by atoms with Crippen molar-refractivity contribution in [3.8, 4) is 0 Å². The quantitative estimate of drug-likeness (QED) is 0.780. The number of hydrogen-bond donors (Lipinski definition) is 0. The molecule has 146 valence electrons. The standard InChI is InChI=1S/C18H23N3O5S/c1-19-15-5-4-14(12-16(15)26-18(19)23)27(24,25)21-10-6-13(7-11-21)17(22)20-8-2-3-9-20/h4-5,12-13H,2-3,6-11H2,1H3. The molecule has 2 aliphatic rings. The molecule has 0 spiro atoms. The van der Waals surface area contributed by atoms with Gasteiger partial charge in [-0.15, -0.1) is 0 Å². The molecule has 0 atom stereocenters. The third kappa shape index (κ3) is 3.19. The lowest BCUT2D eigenvalue weighted by Crippen LogP contribution is -2.43. The fourth-order valence-electron chi connectivity index (χ4n) is 3.96. The third-order valence-corrected chi connectivity index (χ3v) is 7.52. The molecule has 0 saturated carbocycles. The summed E-state index contributed by atoms with van der Waals surface area (Å²) >= 11 is 0. The SMILES string of the molecule is Cn1c(=O)oc2cc(S(=O)(=O)N3CCC(C(=O)N4CCCC4)CC3)ccc21. The first-order valence-corrected chi connectivity index (χ1v) is 10.7. The van der Waals surface area contributed by atoms with E-state index in [2.05, 4.69) is 0 Å². The lowest BCUT2D eigenvalue weighted by Gasteiger charge is -2.32. The number of aryl methyl sites for hydroxylation is 1. The molecule has 0 radical (unpaired) electrons. The molecule has 1 amide bonds. The summed E-state index contributed by atoms with van der Waals surface area (Å²) < 4.78 is 33.8. The summed E-state index contributed by atoms with van der Waals surface area (Å²) in [4.78, 5) is 26.1. The van der Waals surface area contributed by atoms with Gasteiger partial charge < -0.3 is 9.32 Å². The van der Waals surface area contributed by atoms with Crippen LogP contribution >= 0.6 is 0 Å². The Balaban J connectivity index is 1.50. The van der Waals surface area contributed by atoms with Crippen molar-refractivity contribution in [3.63, 3.8) is 0 Å². The van der Waals surface area contributed by atoms with Crippen LogP contribution in [0.15, 0.2) is 32.3 Å². The summed E-state index contributed by atoms with van der Waals surface area (Å²) in [6.07, 6.45) is 3.18. The second-order valence-electron chi connectivity index (χ2n) is 7.27. The molecule has 1 aromatic carbocycles. The molecule has 27 heavy (non-hydrogen) atoms. The summed E-state index contributed by atoms with van der Waals surface area (Å²) in [5, 5.41) is 0. The normalized spacial score (nSPS) is 19.8. The fraction of sp³-hybridized carbons (Fsp3) is 0.556. The molecule has 9 heteroatoms. The van der Waals surface area contributed by atoms with Gasteiger partial charge in [0, 0.05) is 45.2 Å². The van der Waals surface area contributed by atoms with Crippen molar-refractivity contribution in [1.29, 1.82) is 0 Å². The minimum atomic E-state index is -3.69. The number of oxazole rings is 1. The van der Waals surface area contributed by atoms with Gasteiger partial charge in [0.15, 0.2) is 5.58 Å². The topological polar surface area (TPSA) is 92.8 Å². The first-order valence-electron chi connectivity index (χ1n) is 9.26. The summed E-state index contributed by atoms with van der Waals surface area (Å²) in [5.41, 5.74) is 0.802. The van der Waals surface area contributed by atoms with E-state index < -0.39 is 15.8 Å². The third-order valence-electron chi connectivity index (χ3n) is 5.62. The average Bonchev–Trinajstić information content (AvgIpc) is 3.30. The van der Waals surface area contributed by atoms with E-state index in [0.717, 1.165) is 25.9 Å². The Bertz CT molecular complexity index is 1020. The van der Waals surface area contributed by atoms with Crippen LogP contribution in [0.1, 0.15) is 25.7 Å². The predicted octanol–water partition coefficient (Wildman–Crippen LogP) is 1.15. The molecule has 2 saturated heterocycles. The highest BCUT2D eigenvalue weighted by Crippen LogP contribution is 2.27. The number of benzene rings is 1. The molecule has 2 fully saturated rings. The number of aromatic nitrogens is 1. The van der Waals surface area contributed by atoms with E-state index in [0.29, 0.717) is 31.4 Å². The van der Waals surface area contributed by atoms with Gasteiger partial charge in [-0.1, -0.05) is 0 Å². The van der Waals surface area contributed by atoms with Crippen molar-refractivity contribution in [1.82, 2.24) is 13.8 Å². The van der Waals surface area contributed by atoms with Crippen LogP contribution in [0.25, 0.3) is 11.1 Å². The van der Waals surface area contributed by atoms with E-state index in [4.69, 9.17) is 4.42 Å². The molecule has 2 aromatic rings. The zero-order valence-corrected chi connectivity index (χ0v) is 16.1. The van der Waals surface area contributed by atoms with Gasteiger partial charge in [0.05, 0.1) is 10.4 Å². The molecule has 4 rings (SSSR count). The first-order chi connectivity index (χ1) is 12.9. The number of carbonyl (C=O) groups excluding carboxylic acids is 1. The number of fused-ring (bicyclic) bond motifs is 1. The maximum Gasteiger partial charge on any atom is 0.419 e. The van der Waals surface area contributed by atoms with Crippen LogP contribution < -0.4 is 5.76 Å². The van der Waals surface area contributed by atoms with Crippen LogP contribution in [0.3, 0.4) is 0 Å². The maximum atomic E-state index is 13.0. The van der Waals surface area contributed by atoms with Gasteiger partial charge in [-0.25, -0.2) is 13.2 Å². The highest BCUT2D eigenvalue weighted by atomic mass is 32.2. The van der Waals surface area contributed by atoms with Gasteiger partial charge in [0.1, 0.15) is 0 Å². The van der Waals surface area contributed by atoms with E-state index in [1.165, 1.54) is 21.0 Å². The molecule has 8 nitrogen and oxygen atoms in total. The first kappa shape index (κ1) is 18.2. The van der Waals surface area contributed by atoms with Gasteiger partial charge in [-0.2, -0.15) is 4.31 Å². The maximum absolute atomic E-state index is 13.0. The second kappa shape index (κ2) is 6.79. The van der Waals surface area contributed by atoms with Crippen LogP contribution in [0.5, 0.6) is 0 Å². The van der Waals surface area contributed by atoms with Gasteiger partial charge in [-0.05, 0) is 37.8 Å². The summed E-state index contributed by atoms with van der Waals surface area (Å²) in [6, 6.07) is 4.47. The molecule has 0 N–H and O–H groups in total. The zero-order chi connectivity index (χ0) is 19.2. The molecule has 0 bridgehead atoms. The minimum Gasteiger partial charge on any atom is -0.408 e. The highest BCUT2D eigenvalue weighted by molar-refractivity contribution is 7.89. The summed E-state index contributed by atoms with van der Waals surface area (Å²) in [5.74, 6) is -0.456. The number of piperidine rings is 1. The van der Waals surface area contributed by atoms with Crippen molar-refractivity contribution in [2.24, 2.45) is 13.0 Å². The van der Waals surface area contributed by atoms with Crippen LogP contribution in [0.2, 0.25) is 0 Å². The van der Waals surface area contributed by atoms with Crippen molar-refractivity contribution in [2.45, 2.75) is 30.6 Å². The van der Waals surface area contributed by atoms with Gasteiger partial charge >= 0.3 is 5.76 Å². The van der Waals surface area contributed by atoms with Crippen molar-refractivity contribution < 1.29 is 17.6 Å². The zero-order valence-electron chi connectivity index (χ0n) is 15.3. The minimum absolute atomic E-state index is 0.0934. The Morgan fingerprint density at radius 3 is 2.44 bits per heavy atom. The molecule has 2 aliphatic heterocycles. The smallest absolute Gasteiger partial charge is 0.408 e. The Kier molecular flexibility index (Phi) is 4.59. The Morgan fingerprint density at radius 1 is 1.11 bits per heavy atom. The molecular formula is C18H23N3O5S. The van der Waals surface area contributed by atoms with Crippen molar-refractivity contribution >= 4 is 27.0 Å². The number of likely N-dealkylation sites (tertiary alicyclic amines) is 1. The van der Waals surface area contributed by atoms with Crippen LogP contribution in [-0.4, -0.2) is 54.3 Å². The fourth-order valence-corrected chi connectivity index (χ4v) is 5.45. The van der Waals surface area contributed by atoms with E-state index in [9.17, 15) is 18.0 Å². The van der Waals surface area contributed by atoms with Crippen LogP contribution in [0, 0.1) is 5.92 Å². The van der Waals surface area contributed by atoms with Crippen molar-refractivity contribution in [3.05, 3.63) is 28.7 Å². The Hall–Kier alpha value is -2.13. The number of rotatable bonds is 3. The largest absolute Gasteiger partial charge is 0.419 e. The number of nitrogens with zero attached hydrogens (tertiary/aromatic N) is 3. The molecule has 1 aromatic heterocycles. The number of sulfonamides is 1. The average molecular weight is 393 g/mol. The molecule has 0 aliphatic carbocycles. The van der Waals surface area contributed by atoms with Gasteiger partial charge in [0.25, 0.3) is 0 Å².